The molecule has 1 aromatic heterocycles. The van der Waals surface area contributed by atoms with Gasteiger partial charge in [-0.05, 0) is 50.5 Å². The molecule has 0 unspecified atom stereocenters. The standard InChI is InChI=1S/C18H21N3OS/c1-13-5-6-14(2)15(11-13)16-7-8-17(20-19-16)23-12-18(22)21-9-3-4-10-21/h5-8,11H,3-4,9-10,12H2,1-2H3. The number of carbonyl (C=O) groups excluding carboxylic acids is 1. The molecule has 1 aromatic carbocycles. The van der Waals surface area contributed by atoms with Gasteiger partial charge in [-0.3, -0.25) is 4.79 Å². The molecule has 2 aromatic rings. The van der Waals surface area contributed by atoms with Crippen LogP contribution in [-0.4, -0.2) is 39.8 Å². The quantitative estimate of drug-likeness (QED) is 0.807. The Hall–Kier alpha value is -1.88. The van der Waals surface area contributed by atoms with Crippen LogP contribution in [0.2, 0.25) is 0 Å². The third-order valence-corrected chi connectivity index (χ3v) is 5.02. The van der Waals surface area contributed by atoms with Gasteiger partial charge in [-0.15, -0.1) is 10.2 Å². The van der Waals surface area contributed by atoms with Gasteiger partial charge in [0.15, 0.2) is 0 Å². The SMILES string of the molecule is Cc1ccc(C)c(-c2ccc(SCC(=O)N3CCCC3)nn2)c1. The van der Waals surface area contributed by atoms with Gasteiger partial charge in [-0.2, -0.15) is 0 Å². The molecule has 5 heteroatoms. The highest BCUT2D eigenvalue weighted by molar-refractivity contribution is 7.99. The Morgan fingerprint density at radius 1 is 1.13 bits per heavy atom. The third kappa shape index (κ3) is 3.91. The lowest BCUT2D eigenvalue weighted by Crippen LogP contribution is -2.29. The van der Waals surface area contributed by atoms with Crippen LogP contribution in [0.25, 0.3) is 11.3 Å². The lowest BCUT2D eigenvalue weighted by molar-refractivity contribution is -0.127. The van der Waals surface area contributed by atoms with Crippen LogP contribution in [0.4, 0.5) is 0 Å². The third-order valence-electron chi connectivity index (χ3n) is 4.11. The minimum atomic E-state index is 0.202. The molecule has 0 N–H and O–H groups in total. The summed E-state index contributed by atoms with van der Waals surface area (Å²) in [5.41, 5.74) is 4.39. The van der Waals surface area contributed by atoms with E-state index in [0.717, 1.165) is 42.2 Å². The topological polar surface area (TPSA) is 46.1 Å². The van der Waals surface area contributed by atoms with Crippen molar-refractivity contribution in [2.45, 2.75) is 31.7 Å². The van der Waals surface area contributed by atoms with E-state index in [4.69, 9.17) is 0 Å². The number of nitrogens with zero attached hydrogens (tertiary/aromatic N) is 3. The fourth-order valence-corrected chi connectivity index (χ4v) is 3.46. The maximum absolute atomic E-state index is 12.0. The number of amides is 1. The molecule has 1 aliphatic rings. The second-order valence-electron chi connectivity index (χ2n) is 5.95. The smallest absolute Gasteiger partial charge is 0.232 e. The van der Waals surface area contributed by atoms with Crippen molar-refractivity contribution in [1.82, 2.24) is 15.1 Å². The summed E-state index contributed by atoms with van der Waals surface area (Å²) < 4.78 is 0. The zero-order valence-corrected chi connectivity index (χ0v) is 14.4. The van der Waals surface area contributed by atoms with Crippen molar-refractivity contribution in [2.75, 3.05) is 18.8 Å². The van der Waals surface area contributed by atoms with Gasteiger partial charge in [0.05, 0.1) is 11.4 Å². The number of benzene rings is 1. The van der Waals surface area contributed by atoms with Crippen molar-refractivity contribution in [3.63, 3.8) is 0 Å². The first-order valence-electron chi connectivity index (χ1n) is 7.95. The summed E-state index contributed by atoms with van der Waals surface area (Å²) in [5, 5.41) is 9.40. The summed E-state index contributed by atoms with van der Waals surface area (Å²) in [5.74, 6) is 0.644. The Morgan fingerprint density at radius 3 is 2.61 bits per heavy atom. The van der Waals surface area contributed by atoms with Crippen LogP contribution >= 0.6 is 11.8 Å². The fraction of sp³-hybridized carbons (Fsp3) is 0.389. The second kappa shape index (κ2) is 7.13. The van der Waals surface area contributed by atoms with Crippen molar-refractivity contribution in [1.29, 1.82) is 0 Å². The number of aromatic nitrogens is 2. The molecule has 2 heterocycles. The summed E-state index contributed by atoms with van der Waals surface area (Å²) in [6.07, 6.45) is 2.25. The summed E-state index contributed by atoms with van der Waals surface area (Å²) in [4.78, 5) is 14.0. The van der Waals surface area contributed by atoms with Gasteiger partial charge in [-0.1, -0.05) is 29.5 Å². The Labute approximate surface area is 141 Å². The van der Waals surface area contributed by atoms with Gasteiger partial charge in [0, 0.05) is 18.7 Å². The van der Waals surface area contributed by atoms with Crippen molar-refractivity contribution >= 4 is 17.7 Å². The normalized spacial score (nSPS) is 14.3. The van der Waals surface area contributed by atoms with Gasteiger partial charge in [-0.25, -0.2) is 0 Å². The van der Waals surface area contributed by atoms with Crippen LogP contribution in [0.5, 0.6) is 0 Å². The molecule has 1 aliphatic heterocycles. The summed E-state index contributed by atoms with van der Waals surface area (Å²) in [7, 11) is 0. The van der Waals surface area contributed by atoms with Gasteiger partial charge in [0.2, 0.25) is 5.91 Å². The molecule has 23 heavy (non-hydrogen) atoms. The van der Waals surface area contributed by atoms with E-state index in [1.54, 1.807) is 0 Å². The van der Waals surface area contributed by atoms with Crippen LogP contribution in [0.15, 0.2) is 35.4 Å². The van der Waals surface area contributed by atoms with Crippen molar-refractivity contribution in [2.24, 2.45) is 0 Å². The molecule has 0 saturated carbocycles. The molecule has 0 spiro atoms. The lowest BCUT2D eigenvalue weighted by Gasteiger charge is -2.14. The fourth-order valence-electron chi connectivity index (χ4n) is 2.75. The van der Waals surface area contributed by atoms with E-state index in [1.165, 1.54) is 22.9 Å². The molecular formula is C18H21N3OS. The average molecular weight is 327 g/mol. The molecule has 120 valence electrons. The van der Waals surface area contributed by atoms with Crippen molar-refractivity contribution in [3.05, 3.63) is 41.5 Å². The van der Waals surface area contributed by atoms with E-state index < -0.39 is 0 Å². The molecule has 0 aliphatic carbocycles. The largest absolute Gasteiger partial charge is 0.342 e. The molecule has 4 nitrogen and oxygen atoms in total. The van der Waals surface area contributed by atoms with E-state index >= 15 is 0 Å². The second-order valence-corrected chi connectivity index (χ2v) is 6.95. The molecule has 1 amide bonds. The summed E-state index contributed by atoms with van der Waals surface area (Å²) in [6, 6.07) is 10.3. The molecule has 0 radical (unpaired) electrons. The van der Waals surface area contributed by atoms with Gasteiger partial charge in [0.25, 0.3) is 0 Å². The van der Waals surface area contributed by atoms with E-state index in [9.17, 15) is 4.79 Å². The Morgan fingerprint density at radius 2 is 1.91 bits per heavy atom. The van der Waals surface area contributed by atoms with Crippen molar-refractivity contribution in [3.8, 4) is 11.3 Å². The highest BCUT2D eigenvalue weighted by Gasteiger charge is 2.18. The molecule has 0 bridgehead atoms. The van der Waals surface area contributed by atoms with E-state index in [-0.39, 0.29) is 5.91 Å². The number of thioether (sulfide) groups is 1. The molecular weight excluding hydrogens is 306 g/mol. The number of hydrogen-bond acceptors (Lipinski definition) is 4. The highest BCUT2D eigenvalue weighted by atomic mass is 32.2. The van der Waals surface area contributed by atoms with Crippen molar-refractivity contribution < 1.29 is 4.79 Å². The highest BCUT2D eigenvalue weighted by Crippen LogP contribution is 2.24. The number of aryl methyl sites for hydroxylation is 2. The van der Waals surface area contributed by atoms with E-state index in [1.807, 2.05) is 17.0 Å². The zero-order chi connectivity index (χ0) is 16.2. The molecule has 1 fully saturated rings. The van der Waals surface area contributed by atoms with E-state index in [0.29, 0.717) is 5.75 Å². The Balaban J connectivity index is 1.65. The predicted octanol–water partition coefficient (Wildman–Crippen LogP) is 3.47. The number of carbonyl (C=O) groups is 1. The van der Waals surface area contributed by atoms with Crippen LogP contribution in [-0.2, 0) is 4.79 Å². The maximum atomic E-state index is 12.0. The first-order valence-corrected chi connectivity index (χ1v) is 8.94. The first kappa shape index (κ1) is 16.0. The van der Waals surface area contributed by atoms with Gasteiger partial charge in [0.1, 0.15) is 5.03 Å². The minimum Gasteiger partial charge on any atom is -0.342 e. The lowest BCUT2D eigenvalue weighted by atomic mass is 10.0. The monoisotopic (exact) mass is 327 g/mol. The molecule has 1 saturated heterocycles. The van der Waals surface area contributed by atoms with Crippen LogP contribution in [0.3, 0.4) is 0 Å². The van der Waals surface area contributed by atoms with Crippen LogP contribution in [0, 0.1) is 13.8 Å². The van der Waals surface area contributed by atoms with Gasteiger partial charge >= 0.3 is 0 Å². The van der Waals surface area contributed by atoms with E-state index in [2.05, 4.69) is 42.2 Å². The number of likely N-dealkylation sites (tertiary alicyclic amines) is 1. The number of hydrogen-bond donors (Lipinski definition) is 0. The average Bonchev–Trinajstić information content (AvgIpc) is 3.10. The number of rotatable bonds is 4. The summed E-state index contributed by atoms with van der Waals surface area (Å²) >= 11 is 1.46. The van der Waals surface area contributed by atoms with Crippen LogP contribution in [0.1, 0.15) is 24.0 Å². The summed E-state index contributed by atoms with van der Waals surface area (Å²) in [6.45, 7) is 5.95. The Bertz CT molecular complexity index is 694. The zero-order valence-electron chi connectivity index (χ0n) is 13.6. The van der Waals surface area contributed by atoms with Gasteiger partial charge < -0.3 is 4.90 Å². The predicted molar refractivity (Wildman–Crippen MR) is 93.5 cm³/mol. The first-order chi connectivity index (χ1) is 11.1. The maximum Gasteiger partial charge on any atom is 0.232 e. The molecule has 3 rings (SSSR count). The van der Waals surface area contributed by atoms with Crippen LogP contribution < -0.4 is 0 Å². The molecule has 0 atom stereocenters. The minimum absolute atomic E-state index is 0.202. The Kier molecular flexibility index (Phi) is 4.96.